The Morgan fingerprint density at radius 2 is 1.95 bits per heavy atom. The normalized spacial score (nSPS) is 19.2. The summed E-state index contributed by atoms with van der Waals surface area (Å²) in [7, 11) is -3.49. The van der Waals surface area contributed by atoms with Gasteiger partial charge in [-0.25, -0.2) is 13.4 Å². The molecule has 7 heteroatoms. The minimum absolute atomic E-state index is 0.201. The molecule has 1 aromatic heterocycles. The van der Waals surface area contributed by atoms with E-state index in [0.29, 0.717) is 17.3 Å². The van der Waals surface area contributed by atoms with Crippen LogP contribution < -0.4 is 4.72 Å². The lowest BCUT2D eigenvalue weighted by molar-refractivity contribution is 0.595. The van der Waals surface area contributed by atoms with Crippen molar-refractivity contribution in [2.45, 2.75) is 37.6 Å². The average Bonchev–Trinajstić information content (AvgIpc) is 3.04. The Kier molecular flexibility index (Phi) is 3.78. The van der Waals surface area contributed by atoms with Crippen LogP contribution in [0.1, 0.15) is 49.0 Å². The molecule has 0 aliphatic carbocycles. The maximum absolute atomic E-state index is 12.1. The Labute approximate surface area is 134 Å². The molecule has 116 valence electrons. The highest BCUT2D eigenvalue weighted by Crippen LogP contribution is 2.27. The Hall–Kier alpha value is -1.73. The topological polar surface area (TPSA) is 71.4 Å². The van der Waals surface area contributed by atoms with Crippen LogP contribution in [0.4, 0.5) is 0 Å². The van der Waals surface area contributed by atoms with Crippen molar-refractivity contribution in [3.63, 3.8) is 0 Å². The first kappa shape index (κ1) is 15.2. The summed E-state index contributed by atoms with van der Waals surface area (Å²) in [5.41, 5.74) is 1.48. The molecule has 2 heterocycles. The van der Waals surface area contributed by atoms with Gasteiger partial charge in [-0.3, -0.25) is 9.71 Å². The third-order valence-electron chi connectivity index (χ3n) is 3.45. The van der Waals surface area contributed by atoms with E-state index >= 15 is 0 Å². The largest absolute Gasteiger partial charge is 0.263 e. The van der Waals surface area contributed by atoms with Crippen LogP contribution in [-0.4, -0.2) is 19.2 Å². The molecule has 0 fully saturated rings. The van der Waals surface area contributed by atoms with Crippen molar-refractivity contribution < 1.29 is 8.42 Å². The van der Waals surface area contributed by atoms with Gasteiger partial charge in [-0.2, -0.15) is 0 Å². The van der Waals surface area contributed by atoms with Gasteiger partial charge in [0, 0.05) is 16.9 Å². The van der Waals surface area contributed by atoms with Gasteiger partial charge in [-0.1, -0.05) is 26.0 Å². The van der Waals surface area contributed by atoms with Gasteiger partial charge in [0.1, 0.15) is 5.84 Å². The van der Waals surface area contributed by atoms with Gasteiger partial charge in [0.25, 0.3) is 10.0 Å². The number of hydrogen-bond donors (Lipinski definition) is 1. The summed E-state index contributed by atoms with van der Waals surface area (Å²) >= 11 is 1.61. The summed E-state index contributed by atoms with van der Waals surface area (Å²) in [6.07, 6.45) is 0. The monoisotopic (exact) mass is 335 g/mol. The number of thiazole rings is 1. The fourth-order valence-corrected chi connectivity index (χ4v) is 4.41. The summed E-state index contributed by atoms with van der Waals surface area (Å²) < 4.78 is 26.7. The lowest BCUT2D eigenvalue weighted by Crippen LogP contribution is -2.22. The Balaban J connectivity index is 1.96. The second-order valence-electron chi connectivity index (χ2n) is 5.52. The molecular weight excluding hydrogens is 318 g/mol. The fourth-order valence-electron chi connectivity index (χ4n) is 2.25. The summed E-state index contributed by atoms with van der Waals surface area (Å²) in [5.74, 6) is 0.770. The number of aromatic nitrogens is 1. The van der Waals surface area contributed by atoms with Gasteiger partial charge in [-0.15, -0.1) is 11.3 Å². The first-order valence-electron chi connectivity index (χ1n) is 7.04. The minimum atomic E-state index is -3.49. The third kappa shape index (κ3) is 2.66. The Bertz CT molecular complexity index is 838. The van der Waals surface area contributed by atoms with Crippen LogP contribution in [0.2, 0.25) is 0 Å². The molecule has 1 aliphatic heterocycles. The van der Waals surface area contributed by atoms with E-state index in [0.717, 1.165) is 10.7 Å². The van der Waals surface area contributed by atoms with Crippen molar-refractivity contribution in [3.8, 4) is 0 Å². The van der Waals surface area contributed by atoms with Gasteiger partial charge in [0.2, 0.25) is 0 Å². The Morgan fingerprint density at radius 3 is 2.64 bits per heavy atom. The van der Waals surface area contributed by atoms with E-state index in [1.54, 1.807) is 35.6 Å². The van der Waals surface area contributed by atoms with E-state index in [9.17, 15) is 8.42 Å². The number of aliphatic imine (C=N–C) groups is 1. The molecule has 22 heavy (non-hydrogen) atoms. The van der Waals surface area contributed by atoms with E-state index in [-0.39, 0.29) is 10.9 Å². The van der Waals surface area contributed by atoms with Gasteiger partial charge >= 0.3 is 0 Å². The molecule has 2 aromatic rings. The predicted octanol–water partition coefficient (Wildman–Crippen LogP) is 3.07. The molecule has 0 saturated carbocycles. The summed E-state index contributed by atoms with van der Waals surface area (Å²) in [6.45, 7) is 6.11. The smallest absolute Gasteiger partial charge is 0.263 e. The van der Waals surface area contributed by atoms with Gasteiger partial charge in [-0.05, 0) is 19.1 Å². The van der Waals surface area contributed by atoms with E-state index < -0.39 is 10.0 Å². The molecule has 1 aliphatic rings. The molecule has 5 nitrogen and oxygen atoms in total. The van der Waals surface area contributed by atoms with Gasteiger partial charge in [0.05, 0.1) is 21.6 Å². The molecule has 0 spiro atoms. The lowest BCUT2D eigenvalue weighted by Gasteiger charge is -2.05. The zero-order valence-corrected chi connectivity index (χ0v) is 14.2. The number of nitrogens with zero attached hydrogens (tertiary/aromatic N) is 2. The zero-order valence-electron chi connectivity index (χ0n) is 12.6. The highest BCUT2D eigenvalue weighted by Gasteiger charge is 2.30. The molecular formula is C15H17N3O2S2. The van der Waals surface area contributed by atoms with Crippen molar-refractivity contribution in [2.24, 2.45) is 4.99 Å². The molecule has 0 bridgehead atoms. The minimum Gasteiger partial charge on any atom is -0.263 e. The second kappa shape index (κ2) is 5.48. The lowest BCUT2D eigenvalue weighted by atomic mass is 10.2. The Morgan fingerprint density at radius 1 is 1.23 bits per heavy atom. The first-order chi connectivity index (χ1) is 10.4. The number of nitrogens with one attached hydrogen (secondary N) is 1. The number of fused-ring (bicyclic) bond motifs is 1. The van der Waals surface area contributed by atoms with Crippen molar-refractivity contribution in [3.05, 3.63) is 45.9 Å². The maximum Gasteiger partial charge on any atom is 0.263 e. The van der Waals surface area contributed by atoms with Crippen molar-refractivity contribution >= 4 is 27.2 Å². The molecule has 0 unspecified atom stereocenters. The first-order valence-corrected chi connectivity index (χ1v) is 9.40. The number of rotatable bonds is 3. The standard InChI is InChI=1S/C15H17N3O2S2/c1-9(2)15-17-12(8-21-15)10(3)16-14-11-6-4-5-7-13(11)22(19,20)18-14/h4-10H,1-3H3,(H,16,18)/t10-/m1/s1. The average molecular weight is 335 g/mol. The van der Waals surface area contributed by atoms with Crippen LogP contribution >= 0.6 is 11.3 Å². The van der Waals surface area contributed by atoms with Gasteiger partial charge in [0.15, 0.2) is 0 Å². The fraction of sp³-hybridized carbons (Fsp3) is 0.333. The number of sulfonamides is 1. The van der Waals surface area contributed by atoms with Crippen molar-refractivity contribution in [1.82, 2.24) is 9.71 Å². The van der Waals surface area contributed by atoms with Gasteiger partial charge < -0.3 is 0 Å². The van der Waals surface area contributed by atoms with Crippen molar-refractivity contribution in [2.75, 3.05) is 0 Å². The second-order valence-corrected chi connectivity index (χ2v) is 8.06. The van der Waals surface area contributed by atoms with Crippen LogP contribution in [-0.2, 0) is 10.0 Å². The molecule has 0 saturated heterocycles. The highest BCUT2D eigenvalue weighted by atomic mass is 32.2. The number of amidine groups is 1. The molecule has 1 N–H and O–H groups in total. The summed E-state index contributed by atoms with van der Waals surface area (Å²) in [5, 5.41) is 3.05. The summed E-state index contributed by atoms with van der Waals surface area (Å²) in [4.78, 5) is 9.38. The van der Waals surface area contributed by atoms with Crippen LogP contribution in [0, 0.1) is 0 Å². The molecule has 1 atom stereocenters. The van der Waals surface area contributed by atoms with Crippen LogP contribution in [0.25, 0.3) is 0 Å². The molecule has 0 amide bonds. The van der Waals surface area contributed by atoms with E-state index in [2.05, 4.69) is 28.5 Å². The van der Waals surface area contributed by atoms with Crippen LogP contribution in [0.15, 0.2) is 39.5 Å². The van der Waals surface area contributed by atoms with E-state index in [1.807, 2.05) is 12.3 Å². The number of benzene rings is 1. The molecule has 0 radical (unpaired) electrons. The van der Waals surface area contributed by atoms with E-state index in [4.69, 9.17) is 0 Å². The quantitative estimate of drug-likeness (QED) is 0.937. The SMILES string of the molecule is CC(C)c1nc([C@@H](C)N=C2NS(=O)(=O)c3ccccc32)cs1. The van der Waals surface area contributed by atoms with Crippen LogP contribution in [0.5, 0.6) is 0 Å². The molecule has 3 rings (SSSR count). The third-order valence-corrected chi connectivity index (χ3v) is 6.01. The van der Waals surface area contributed by atoms with E-state index in [1.165, 1.54) is 0 Å². The molecule has 1 aromatic carbocycles. The maximum atomic E-state index is 12.1. The predicted molar refractivity (Wildman–Crippen MR) is 87.9 cm³/mol. The van der Waals surface area contributed by atoms with Crippen LogP contribution in [0.3, 0.4) is 0 Å². The zero-order chi connectivity index (χ0) is 15.9. The highest BCUT2D eigenvalue weighted by molar-refractivity contribution is 7.90. The summed E-state index contributed by atoms with van der Waals surface area (Å²) in [6, 6.07) is 6.66. The number of hydrogen-bond acceptors (Lipinski definition) is 5. The van der Waals surface area contributed by atoms with Crippen molar-refractivity contribution in [1.29, 1.82) is 0 Å².